The van der Waals surface area contributed by atoms with Gasteiger partial charge in [-0.15, -0.1) is 0 Å². The van der Waals surface area contributed by atoms with E-state index in [0.717, 1.165) is 12.8 Å². The molecule has 0 aliphatic heterocycles. The average Bonchev–Trinajstić information content (AvgIpc) is 3.00. The molecule has 0 radical (unpaired) electrons. The molecule has 1 aromatic heterocycles. The largest absolute Gasteiger partial charge is 0.393 e. The van der Waals surface area contributed by atoms with Gasteiger partial charge in [-0.3, -0.25) is 4.68 Å². The van der Waals surface area contributed by atoms with Crippen molar-refractivity contribution in [2.45, 2.75) is 69.1 Å². The van der Waals surface area contributed by atoms with E-state index in [4.69, 9.17) is 0 Å². The van der Waals surface area contributed by atoms with Crippen molar-refractivity contribution in [2.24, 2.45) is 0 Å². The highest BCUT2D eigenvalue weighted by Crippen LogP contribution is 2.27. The summed E-state index contributed by atoms with van der Waals surface area (Å²) in [5.41, 5.74) is 0.610. The summed E-state index contributed by atoms with van der Waals surface area (Å²) >= 11 is 0. The third kappa shape index (κ3) is 3.41. The Morgan fingerprint density at radius 3 is 2.65 bits per heavy atom. The minimum atomic E-state index is -3.21. The summed E-state index contributed by atoms with van der Waals surface area (Å²) in [5, 5.41) is 13.5. The smallest absolute Gasteiger partial charge is 0.159 e. The minimum absolute atomic E-state index is 0.0163. The highest BCUT2D eigenvalue weighted by atomic mass is 32.2. The molecule has 0 amide bonds. The SMILES string of the molecule is CCC(CC)n1ccc(CS(=O)(=O)C2CCC(O)C2)n1. The van der Waals surface area contributed by atoms with Crippen LogP contribution in [0.5, 0.6) is 0 Å². The first-order chi connectivity index (χ1) is 9.46. The van der Waals surface area contributed by atoms with Crippen LogP contribution >= 0.6 is 0 Å². The predicted octanol–water partition coefficient (Wildman–Crippen LogP) is 2.07. The highest BCUT2D eigenvalue weighted by Gasteiger charge is 2.33. The molecule has 6 heteroatoms. The summed E-state index contributed by atoms with van der Waals surface area (Å²) in [5.74, 6) is -0.0163. The topological polar surface area (TPSA) is 72.2 Å². The van der Waals surface area contributed by atoms with Crippen LogP contribution in [0.3, 0.4) is 0 Å². The number of sulfone groups is 1. The van der Waals surface area contributed by atoms with Crippen molar-refractivity contribution in [3.05, 3.63) is 18.0 Å². The van der Waals surface area contributed by atoms with Crippen LogP contribution in [0.2, 0.25) is 0 Å². The fourth-order valence-electron chi connectivity index (χ4n) is 2.89. The van der Waals surface area contributed by atoms with E-state index in [-0.39, 0.29) is 5.75 Å². The first kappa shape index (κ1) is 15.5. The Morgan fingerprint density at radius 2 is 2.10 bits per heavy atom. The van der Waals surface area contributed by atoms with Gasteiger partial charge in [0.05, 0.1) is 28.8 Å². The van der Waals surface area contributed by atoms with Crippen LogP contribution in [0, 0.1) is 0 Å². The van der Waals surface area contributed by atoms with E-state index in [1.807, 2.05) is 10.9 Å². The molecule has 2 unspecified atom stereocenters. The number of hydrogen-bond acceptors (Lipinski definition) is 4. The summed E-state index contributed by atoms with van der Waals surface area (Å²) < 4.78 is 26.5. The Hall–Kier alpha value is -0.880. The molecule has 1 saturated carbocycles. The minimum Gasteiger partial charge on any atom is -0.393 e. The van der Waals surface area contributed by atoms with Crippen LogP contribution in [0.1, 0.15) is 57.7 Å². The number of hydrogen-bond donors (Lipinski definition) is 1. The first-order valence-corrected chi connectivity index (χ1v) is 9.11. The maximum Gasteiger partial charge on any atom is 0.159 e. The standard InChI is InChI=1S/C14H24N2O3S/c1-3-12(4-2)16-8-7-11(15-16)10-20(18,19)14-6-5-13(17)9-14/h7-8,12-14,17H,3-6,9-10H2,1-2H3. The maximum absolute atomic E-state index is 12.3. The molecule has 2 rings (SSSR count). The lowest BCUT2D eigenvalue weighted by Gasteiger charge is -2.13. The molecule has 1 heterocycles. The van der Waals surface area contributed by atoms with Crippen LogP contribution < -0.4 is 0 Å². The van der Waals surface area contributed by atoms with Crippen molar-refractivity contribution in [1.29, 1.82) is 0 Å². The van der Waals surface area contributed by atoms with E-state index in [1.165, 1.54) is 0 Å². The van der Waals surface area contributed by atoms with E-state index in [9.17, 15) is 13.5 Å². The lowest BCUT2D eigenvalue weighted by atomic mass is 10.2. The summed E-state index contributed by atoms with van der Waals surface area (Å²) in [7, 11) is -3.21. The lowest BCUT2D eigenvalue weighted by Crippen LogP contribution is -2.21. The van der Waals surface area contributed by atoms with Crippen molar-refractivity contribution in [2.75, 3.05) is 0 Å². The molecule has 0 aromatic carbocycles. The molecule has 0 bridgehead atoms. The summed E-state index contributed by atoms with van der Waals surface area (Å²) in [6.45, 7) is 4.21. The van der Waals surface area contributed by atoms with Crippen LogP contribution in [0.15, 0.2) is 12.3 Å². The van der Waals surface area contributed by atoms with Gasteiger partial charge in [0.1, 0.15) is 0 Å². The van der Waals surface area contributed by atoms with Crippen molar-refractivity contribution in [3.8, 4) is 0 Å². The molecule has 1 aliphatic rings. The number of nitrogens with zero attached hydrogens (tertiary/aromatic N) is 2. The fraction of sp³-hybridized carbons (Fsp3) is 0.786. The Bertz CT molecular complexity index is 534. The number of aromatic nitrogens is 2. The van der Waals surface area contributed by atoms with Gasteiger partial charge in [0, 0.05) is 6.20 Å². The predicted molar refractivity (Wildman–Crippen MR) is 78.1 cm³/mol. The number of rotatable bonds is 6. The highest BCUT2D eigenvalue weighted by molar-refractivity contribution is 7.91. The van der Waals surface area contributed by atoms with Crippen molar-refractivity contribution < 1.29 is 13.5 Å². The van der Waals surface area contributed by atoms with E-state index in [2.05, 4.69) is 18.9 Å². The molecule has 114 valence electrons. The third-order valence-corrected chi connectivity index (χ3v) is 6.34. The van der Waals surface area contributed by atoms with Gasteiger partial charge in [0.15, 0.2) is 9.84 Å². The van der Waals surface area contributed by atoms with Gasteiger partial charge in [-0.2, -0.15) is 5.10 Å². The van der Waals surface area contributed by atoms with Gasteiger partial charge in [-0.05, 0) is 38.2 Å². The van der Waals surface area contributed by atoms with Crippen molar-refractivity contribution in [1.82, 2.24) is 9.78 Å². The summed E-state index contributed by atoms with van der Waals surface area (Å²) in [6, 6.07) is 2.13. The van der Waals surface area contributed by atoms with Gasteiger partial charge < -0.3 is 5.11 Å². The second-order valence-electron chi connectivity index (χ2n) is 5.65. The quantitative estimate of drug-likeness (QED) is 0.873. The van der Waals surface area contributed by atoms with E-state index in [0.29, 0.717) is 31.0 Å². The zero-order valence-electron chi connectivity index (χ0n) is 12.2. The molecular formula is C14H24N2O3S. The van der Waals surface area contributed by atoms with E-state index < -0.39 is 21.2 Å². The Kier molecular flexibility index (Phi) is 4.86. The molecule has 2 atom stereocenters. The summed E-state index contributed by atoms with van der Waals surface area (Å²) in [4.78, 5) is 0. The number of aliphatic hydroxyl groups excluding tert-OH is 1. The van der Waals surface area contributed by atoms with E-state index in [1.54, 1.807) is 6.07 Å². The van der Waals surface area contributed by atoms with Gasteiger partial charge in [-0.25, -0.2) is 8.42 Å². The lowest BCUT2D eigenvalue weighted by molar-refractivity contribution is 0.183. The van der Waals surface area contributed by atoms with Crippen LogP contribution in [0.4, 0.5) is 0 Å². The average molecular weight is 300 g/mol. The zero-order chi connectivity index (χ0) is 14.8. The second kappa shape index (κ2) is 6.26. The van der Waals surface area contributed by atoms with Gasteiger partial charge >= 0.3 is 0 Å². The molecule has 0 spiro atoms. The van der Waals surface area contributed by atoms with Crippen LogP contribution in [0.25, 0.3) is 0 Å². The normalized spacial score (nSPS) is 23.6. The zero-order valence-corrected chi connectivity index (χ0v) is 13.0. The fourth-order valence-corrected chi connectivity index (χ4v) is 4.70. The molecule has 20 heavy (non-hydrogen) atoms. The van der Waals surface area contributed by atoms with Crippen molar-refractivity contribution in [3.63, 3.8) is 0 Å². The second-order valence-corrected chi connectivity index (χ2v) is 7.93. The first-order valence-electron chi connectivity index (χ1n) is 7.40. The van der Waals surface area contributed by atoms with Crippen LogP contribution in [-0.4, -0.2) is 34.7 Å². The van der Waals surface area contributed by atoms with Crippen molar-refractivity contribution >= 4 is 9.84 Å². The summed E-state index contributed by atoms with van der Waals surface area (Å²) in [6.07, 6.45) is 4.90. The van der Waals surface area contributed by atoms with Gasteiger partial charge in [0.2, 0.25) is 0 Å². The molecule has 1 aromatic rings. The molecule has 5 nitrogen and oxygen atoms in total. The molecule has 0 saturated heterocycles. The Morgan fingerprint density at radius 1 is 1.40 bits per heavy atom. The van der Waals surface area contributed by atoms with Crippen LogP contribution in [-0.2, 0) is 15.6 Å². The number of aliphatic hydroxyl groups is 1. The van der Waals surface area contributed by atoms with E-state index >= 15 is 0 Å². The van der Waals surface area contributed by atoms with Gasteiger partial charge in [-0.1, -0.05) is 13.8 Å². The maximum atomic E-state index is 12.3. The van der Waals surface area contributed by atoms with Gasteiger partial charge in [0.25, 0.3) is 0 Å². The third-order valence-electron chi connectivity index (χ3n) is 4.19. The molecule has 1 aliphatic carbocycles. The Labute approximate surface area is 120 Å². The molecule has 1 fully saturated rings. The Balaban J connectivity index is 2.06. The molecule has 1 N–H and O–H groups in total. The molecular weight excluding hydrogens is 276 g/mol. The monoisotopic (exact) mass is 300 g/mol.